The fourth-order valence-corrected chi connectivity index (χ4v) is 3.01. The van der Waals surface area contributed by atoms with E-state index < -0.39 is 0 Å². The van der Waals surface area contributed by atoms with Crippen LogP contribution in [-0.2, 0) is 0 Å². The second-order valence-electron chi connectivity index (χ2n) is 6.34. The van der Waals surface area contributed by atoms with Crippen LogP contribution in [0.15, 0.2) is 30.3 Å². The molecule has 0 amide bonds. The van der Waals surface area contributed by atoms with E-state index in [0.717, 1.165) is 55.9 Å². The topological polar surface area (TPSA) is 61.4 Å². The van der Waals surface area contributed by atoms with Gasteiger partial charge in [-0.05, 0) is 44.7 Å². The van der Waals surface area contributed by atoms with Crippen molar-refractivity contribution in [1.29, 1.82) is 0 Å². The maximum Gasteiger partial charge on any atom is 0.159 e. The van der Waals surface area contributed by atoms with Crippen molar-refractivity contribution in [1.82, 2.24) is 14.9 Å². The zero-order valence-corrected chi connectivity index (χ0v) is 15.1. The van der Waals surface area contributed by atoms with E-state index in [1.165, 1.54) is 0 Å². The summed E-state index contributed by atoms with van der Waals surface area (Å²) >= 11 is 0. The molecule has 6 heteroatoms. The van der Waals surface area contributed by atoms with Crippen LogP contribution in [-0.4, -0.2) is 53.4 Å². The van der Waals surface area contributed by atoms with Crippen molar-refractivity contribution in [3.63, 3.8) is 0 Å². The molecule has 2 aromatic rings. The maximum absolute atomic E-state index is 11.4. The minimum atomic E-state index is 0.0675. The first-order valence-electron chi connectivity index (χ1n) is 8.76. The van der Waals surface area contributed by atoms with Gasteiger partial charge in [-0.2, -0.15) is 0 Å². The van der Waals surface area contributed by atoms with Crippen LogP contribution in [0.1, 0.15) is 30.0 Å². The van der Waals surface area contributed by atoms with Gasteiger partial charge in [0, 0.05) is 43.5 Å². The van der Waals surface area contributed by atoms with Crippen molar-refractivity contribution >= 4 is 23.1 Å². The lowest BCUT2D eigenvalue weighted by Crippen LogP contribution is -2.46. The Kier molecular flexibility index (Phi) is 5.28. The molecule has 0 unspecified atom stereocenters. The molecule has 1 saturated heterocycles. The van der Waals surface area contributed by atoms with Crippen molar-refractivity contribution < 1.29 is 4.79 Å². The van der Waals surface area contributed by atoms with Gasteiger partial charge in [0.25, 0.3) is 0 Å². The number of carbonyl (C=O) groups is 1. The van der Waals surface area contributed by atoms with E-state index in [1.807, 2.05) is 37.3 Å². The number of aromatic nitrogens is 2. The van der Waals surface area contributed by atoms with E-state index in [-0.39, 0.29) is 5.78 Å². The van der Waals surface area contributed by atoms with Gasteiger partial charge in [0.2, 0.25) is 0 Å². The number of ketones is 1. The zero-order chi connectivity index (χ0) is 17.8. The Balaban J connectivity index is 1.74. The Morgan fingerprint density at radius 1 is 1.12 bits per heavy atom. The number of hydrogen-bond donors (Lipinski definition) is 1. The smallest absolute Gasteiger partial charge is 0.159 e. The number of likely N-dealkylation sites (N-methyl/N-ethyl adjacent to an activating group) is 1. The Labute approximate surface area is 148 Å². The highest BCUT2D eigenvalue weighted by Gasteiger charge is 2.17. The van der Waals surface area contributed by atoms with Gasteiger partial charge in [-0.15, -0.1) is 0 Å². The third-order valence-corrected chi connectivity index (χ3v) is 4.53. The summed E-state index contributed by atoms with van der Waals surface area (Å²) in [6.07, 6.45) is 0. The molecule has 1 fully saturated rings. The number of piperazine rings is 1. The quantitative estimate of drug-likeness (QED) is 0.845. The van der Waals surface area contributed by atoms with Gasteiger partial charge in [-0.25, -0.2) is 9.97 Å². The Hall–Kier alpha value is -2.47. The fraction of sp³-hybridized carbons (Fsp3) is 0.421. The van der Waals surface area contributed by atoms with E-state index in [0.29, 0.717) is 5.56 Å². The van der Waals surface area contributed by atoms with Gasteiger partial charge in [0.05, 0.1) is 0 Å². The van der Waals surface area contributed by atoms with E-state index in [4.69, 9.17) is 0 Å². The minimum Gasteiger partial charge on any atom is -0.354 e. The van der Waals surface area contributed by atoms with Gasteiger partial charge in [-0.3, -0.25) is 4.79 Å². The summed E-state index contributed by atoms with van der Waals surface area (Å²) in [5.41, 5.74) is 1.61. The first kappa shape index (κ1) is 17.4. The summed E-state index contributed by atoms with van der Waals surface area (Å²) < 4.78 is 0. The molecule has 132 valence electrons. The fourth-order valence-electron chi connectivity index (χ4n) is 3.01. The molecule has 2 heterocycles. The van der Waals surface area contributed by atoms with Gasteiger partial charge >= 0.3 is 0 Å². The number of benzene rings is 1. The summed E-state index contributed by atoms with van der Waals surface area (Å²) in [5, 5.41) is 3.31. The Morgan fingerprint density at radius 2 is 1.80 bits per heavy atom. The molecule has 1 aromatic heterocycles. The predicted molar refractivity (Wildman–Crippen MR) is 101 cm³/mol. The molecule has 25 heavy (non-hydrogen) atoms. The monoisotopic (exact) mass is 339 g/mol. The summed E-state index contributed by atoms with van der Waals surface area (Å²) in [6.45, 7) is 10.9. The van der Waals surface area contributed by atoms with Crippen LogP contribution >= 0.6 is 0 Å². The molecule has 0 radical (unpaired) electrons. The number of Topliss-reactive ketones (excluding diaryl/α,β-unsaturated/α-hetero) is 1. The van der Waals surface area contributed by atoms with Crippen molar-refractivity contribution in [2.45, 2.75) is 20.8 Å². The maximum atomic E-state index is 11.4. The van der Waals surface area contributed by atoms with Crippen molar-refractivity contribution in [2.24, 2.45) is 0 Å². The van der Waals surface area contributed by atoms with Crippen molar-refractivity contribution in [3.8, 4) is 0 Å². The van der Waals surface area contributed by atoms with E-state index in [9.17, 15) is 4.79 Å². The second-order valence-corrected chi connectivity index (χ2v) is 6.34. The van der Waals surface area contributed by atoms with Crippen LogP contribution in [0.4, 0.5) is 17.3 Å². The molecule has 0 aliphatic carbocycles. The van der Waals surface area contributed by atoms with E-state index >= 15 is 0 Å². The molecule has 1 aliphatic rings. The Morgan fingerprint density at radius 3 is 2.40 bits per heavy atom. The number of anilines is 3. The molecule has 0 atom stereocenters. The SMILES string of the molecule is CCN1CCN(c2cc(Nc3ccc(C(C)=O)cc3)nc(C)n2)CC1. The van der Waals surface area contributed by atoms with Crippen LogP contribution in [0.5, 0.6) is 0 Å². The van der Waals surface area contributed by atoms with E-state index in [1.54, 1.807) is 6.92 Å². The van der Waals surface area contributed by atoms with Crippen LogP contribution in [0, 0.1) is 6.92 Å². The molecule has 0 bridgehead atoms. The van der Waals surface area contributed by atoms with Crippen LogP contribution in [0.25, 0.3) is 0 Å². The summed E-state index contributed by atoms with van der Waals surface area (Å²) in [5.74, 6) is 2.55. The molecule has 1 aromatic carbocycles. The Bertz CT molecular complexity index is 736. The van der Waals surface area contributed by atoms with Crippen molar-refractivity contribution in [3.05, 3.63) is 41.7 Å². The van der Waals surface area contributed by atoms with Crippen LogP contribution in [0.2, 0.25) is 0 Å². The normalized spacial score (nSPS) is 15.2. The third kappa shape index (κ3) is 4.33. The van der Waals surface area contributed by atoms with Crippen LogP contribution in [0.3, 0.4) is 0 Å². The average Bonchev–Trinajstić information content (AvgIpc) is 2.62. The highest BCUT2D eigenvalue weighted by molar-refractivity contribution is 5.94. The summed E-state index contributed by atoms with van der Waals surface area (Å²) in [7, 11) is 0. The first-order valence-corrected chi connectivity index (χ1v) is 8.76. The zero-order valence-electron chi connectivity index (χ0n) is 15.1. The van der Waals surface area contributed by atoms with Gasteiger partial charge in [0.15, 0.2) is 5.78 Å². The molecule has 0 saturated carbocycles. The molecular weight excluding hydrogens is 314 g/mol. The molecular formula is C19H25N5O. The number of nitrogens with zero attached hydrogens (tertiary/aromatic N) is 4. The number of nitrogens with one attached hydrogen (secondary N) is 1. The van der Waals surface area contributed by atoms with Gasteiger partial charge in [0.1, 0.15) is 17.5 Å². The standard InChI is InChI=1S/C19H25N5O/c1-4-23-9-11-24(12-10-23)19-13-18(20-15(3)21-19)22-17-7-5-16(6-8-17)14(2)25/h5-8,13H,4,9-12H2,1-3H3,(H,20,21,22). The average molecular weight is 339 g/mol. The molecule has 6 nitrogen and oxygen atoms in total. The number of aryl methyl sites for hydroxylation is 1. The van der Waals surface area contributed by atoms with Gasteiger partial charge in [-0.1, -0.05) is 6.92 Å². The highest BCUT2D eigenvalue weighted by atomic mass is 16.1. The minimum absolute atomic E-state index is 0.0675. The highest BCUT2D eigenvalue weighted by Crippen LogP contribution is 2.21. The number of hydrogen-bond acceptors (Lipinski definition) is 6. The van der Waals surface area contributed by atoms with Gasteiger partial charge < -0.3 is 15.1 Å². The number of carbonyl (C=O) groups excluding carboxylic acids is 1. The molecule has 0 spiro atoms. The number of rotatable bonds is 5. The second kappa shape index (κ2) is 7.61. The van der Waals surface area contributed by atoms with E-state index in [2.05, 4.69) is 32.0 Å². The largest absolute Gasteiger partial charge is 0.354 e. The third-order valence-electron chi connectivity index (χ3n) is 4.53. The molecule has 1 N–H and O–H groups in total. The molecule has 3 rings (SSSR count). The summed E-state index contributed by atoms with van der Waals surface area (Å²) in [6, 6.07) is 9.43. The van der Waals surface area contributed by atoms with Crippen molar-refractivity contribution in [2.75, 3.05) is 42.9 Å². The lowest BCUT2D eigenvalue weighted by molar-refractivity contribution is 0.101. The summed E-state index contributed by atoms with van der Waals surface area (Å²) in [4.78, 5) is 25.2. The first-order chi connectivity index (χ1) is 12.0. The predicted octanol–water partition coefficient (Wildman–Crippen LogP) is 2.87. The lowest BCUT2D eigenvalue weighted by Gasteiger charge is -2.34. The van der Waals surface area contributed by atoms with Crippen LogP contribution < -0.4 is 10.2 Å². The molecule has 1 aliphatic heterocycles. The lowest BCUT2D eigenvalue weighted by atomic mass is 10.1.